The van der Waals surface area contributed by atoms with E-state index in [2.05, 4.69) is 18.5 Å². The molecule has 0 aliphatic rings. The third-order valence-electron chi connectivity index (χ3n) is 3.87. The molecular formula is C20H17F6N. The Bertz CT molecular complexity index is 829. The summed E-state index contributed by atoms with van der Waals surface area (Å²) in [6, 6.07) is 8.59. The molecule has 144 valence electrons. The van der Waals surface area contributed by atoms with E-state index in [4.69, 9.17) is 0 Å². The van der Waals surface area contributed by atoms with Crippen LogP contribution in [0.5, 0.6) is 0 Å². The molecule has 0 unspecified atom stereocenters. The molecule has 2 rings (SSSR count). The minimum absolute atomic E-state index is 0.106. The van der Waals surface area contributed by atoms with Crippen LogP contribution >= 0.6 is 0 Å². The molecule has 0 spiro atoms. The number of rotatable bonds is 5. The summed E-state index contributed by atoms with van der Waals surface area (Å²) in [5.41, 5.74) is -0.246. The van der Waals surface area contributed by atoms with Gasteiger partial charge in [-0.05, 0) is 36.2 Å². The van der Waals surface area contributed by atoms with Crippen molar-refractivity contribution in [2.24, 2.45) is 0 Å². The zero-order chi connectivity index (χ0) is 20.4. The van der Waals surface area contributed by atoms with Gasteiger partial charge in [-0.1, -0.05) is 43.0 Å². The van der Waals surface area contributed by atoms with Crippen molar-refractivity contribution >= 4 is 11.3 Å². The van der Waals surface area contributed by atoms with Crippen LogP contribution in [-0.2, 0) is 18.9 Å². The first-order valence-corrected chi connectivity index (χ1v) is 7.86. The number of halogens is 6. The summed E-state index contributed by atoms with van der Waals surface area (Å²) >= 11 is 0. The smallest absolute Gasteiger partial charge is 0.381 e. The van der Waals surface area contributed by atoms with E-state index in [-0.39, 0.29) is 18.2 Å². The number of alkyl halides is 6. The van der Waals surface area contributed by atoms with Crippen molar-refractivity contribution < 1.29 is 26.3 Å². The Morgan fingerprint density at radius 3 is 1.78 bits per heavy atom. The lowest BCUT2D eigenvalue weighted by atomic mass is 9.99. The van der Waals surface area contributed by atoms with Crippen LogP contribution in [0, 0.1) is 0 Å². The van der Waals surface area contributed by atoms with Gasteiger partial charge in [-0.15, -0.1) is 0 Å². The summed E-state index contributed by atoms with van der Waals surface area (Å²) in [4.78, 5) is 0. The van der Waals surface area contributed by atoms with Crippen LogP contribution in [0.25, 0.3) is 11.3 Å². The van der Waals surface area contributed by atoms with Crippen LogP contribution in [0.1, 0.15) is 34.7 Å². The Morgan fingerprint density at radius 2 is 1.33 bits per heavy atom. The molecule has 0 saturated heterocycles. The summed E-state index contributed by atoms with van der Waals surface area (Å²) in [6.07, 6.45) is -9.75. The van der Waals surface area contributed by atoms with Crippen molar-refractivity contribution in [1.82, 2.24) is 5.32 Å². The van der Waals surface area contributed by atoms with E-state index in [1.807, 2.05) is 0 Å². The van der Waals surface area contributed by atoms with Crippen molar-refractivity contribution in [3.05, 3.63) is 83.4 Å². The Balaban J connectivity index is 2.30. The second-order valence-corrected chi connectivity index (χ2v) is 6.07. The zero-order valence-electron chi connectivity index (χ0n) is 14.4. The summed E-state index contributed by atoms with van der Waals surface area (Å²) in [7, 11) is 0. The monoisotopic (exact) mass is 385 g/mol. The minimum atomic E-state index is -4.88. The number of nitrogens with one attached hydrogen (secondary N) is 1. The maximum absolute atomic E-state index is 12.9. The highest BCUT2D eigenvalue weighted by atomic mass is 19.4. The van der Waals surface area contributed by atoms with Crippen LogP contribution < -0.4 is 5.32 Å². The molecule has 0 aromatic heterocycles. The van der Waals surface area contributed by atoms with Gasteiger partial charge in [0, 0.05) is 17.8 Å². The van der Waals surface area contributed by atoms with Gasteiger partial charge in [-0.25, -0.2) is 0 Å². The molecule has 7 heteroatoms. The molecule has 0 bridgehead atoms. The lowest BCUT2D eigenvalue weighted by Crippen LogP contribution is -2.16. The van der Waals surface area contributed by atoms with Crippen LogP contribution in [-0.4, -0.2) is 0 Å². The first-order chi connectivity index (χ1) is 12.4. The fourth-order valence-electron chi connectivity index (χ4n) is 2.54. The molecule has 1 N–H and O–H groups in total. The predicted octanol–water partition coefficient (Wildman–Crippen LogP) is 6.52. The molecule has 0 aliphatic heterocycles. The maximum Gasteiger partial charge on any atom is 0.416 e. The lowest BCUT2D eigenvalue weighted by Gasteiger charge is -2.17. The van der Waals surface area contributed by atoms with Gasteiger partial charge in [0.1, 0.15) is 0 Å². The molecule has 0 saturated carbocycles. The Morgan fingerprint density at radius 1 is 0.852 bits per heavy atom. The van der Waals surface area contributed by atoms with E-state index in [0.29, 0.717) is 23.4 Å². The largest absolute Gasteiger partial charge is 0.416 e. The average molecular weight is 385 g/mol. The standard InChI is InChI=1S/C20H17F6N/c1-12(2)17-6-4-5-7-18(17)13(3)27-11-14-8-15(19(21,22)23)10-16(9-14)20(24,25)26/h4-10,27H,1,3,11H2,2H3. The van der Waals surface area contributed by atoms with E-state index < -0.39 is 23.5 Å². The fraction of sp³-hybridized carbons (Fsp3) is 0.200. The normalized spacial score (nSPS) is 12.0. The Hall–Kier alpha value is -2.70. The number of hydrogen-bond acceptors (Lipinski definition) is 1. The SMILES string of the molecule is C=C(C)c1ccccc1C(=C)NCc1cc(C(F)(F)F)cc(C(F)(F)F)c1. The molecule has 0 fully saturated rings. The molecule has 0 atom stereocenters. The lowest BCUT2D eigenvalue weighted by molar-refractivity contribution is -0.143. The van der Waals surface area contributed by atoms with Crippen LogP contribution in [0.4, 0.5) is 26.3 Å². The molecule has 0 amide bonds. The average Bonchev–Trinajstić information content (AvgIpc) is 2.57. The van der Waals surface area contributed by atoms with Gasteiger partial charge < -0.3 is 5.32 Å². The first-order valence-electron chi connectivity index (χ1n) is 7.86. The van der Waals surface area contributed by atoms with Gasteiger partial charge in [-0.3, -0.25) is 0 Å². The van der Waals surface area contributed by atoms with Gasteiger partial charge >= 0.3 is 12.4 Å². The van der Waals surface area contributed by atoms with Crippen molar-refractivity contribution in [3.8, 4) is 0 Å². The zero-order valence-corrected chi connectivity index (χ0v) is 14.4. The molecule has 2 aromatic carbocycles. The topological polar surface area (TPSA) is 12.0 Å². The van der Waals surface area contributed by atoms with E-state index in [0.717, 1.165) is 11.1 Å². The molecule has 0 aliphatic carbocycles. The highest BCUT2D eigenvalue weighted by molar-refractivity contribution is 5.76. The quantitative estimate of drug-likeness (QED) is 0.578. The van der Waals surface area contributed by atoms with E-state index >= 15 is 0 Å². The molecule has 0 heterocycles. The first kappa shape index (κ1) is 20.6. The highest BCUT2D eigenvalue weighted by Crippen LogP contribution is 2.36. The summed E-state index contributed by atoms with van der Waals surface area (Å²) < 4.78 is 77.6. The molecule has 1 nitrogen and oxygen atoms in total. The molecular weight excluding hydrogens is 368 g/mol. The third kappa shape index (κ3) is 5.15. The molecule has 27 heavy (non-hydrogen) atoms. The second-order valence-electron chi connectivity index (χ2n) is 6.07. The summed E-state index contributed by atoms with van der Waals surface area (Å²) in [5.74, 6) is 0. The van der Waals surface area contributed by atoms with Crippen LogP contribution in [0.15, 0.2) is 55.6 Å². The highest BCUT2D eigenvalue weighted by Gasteiger charge is 2.36. The van der Waals surface area contributed by atoms with E-state index in [9.17, 15) is 26.3 Å². The number of benzene rings is 2. The van der Waals surface area contributed by atoms with E-state index in [1.165, 1.54) is 0 Å². The minimum Gasteiger partial charge on any atom is -0.381 e. The van der Waals surface area contributed by atoms with Crippen molar-refractivity contribution in [3.63, 3.8) is 0 Å². The number of allylic oxidation sites excluding steroid dienone is 1. The van der Waals surface area contributed by atoms with Crippen molar-refractivity contribution in [2.45, 2.75) is 25.8 Å². The van der Waals surface area contributed by atoms with Gasteiger partial charge in [0.2, 0.25) is 0 Å². The summed E-state index contributed by atoms with van der Waals surface area (Å²) in [6.45, 7) is 9.22. The van der Waals surface area contributed by atoms with Gasteiger partial charge in [-0.2, -0.15) is 26.3 Å². The molecule has 0 radical (unpaired) electrons. The Kier molecular flexibility index (Phi) is 5.73. The predicted molar refractivity (Wildman–Crippen MR) is 93.5 cm³/mol. The Labute approximate surface area is 153 Å². The fourth-order valence-corrected chi connectivity index (χ4v) is 2.54. The van der Waals surface area contributed by atoms with Gasteiger partial charge in [0.15, 0.2) is 0 Å². The van der Waals surface area contributed by atoms with Crippen molar-refractivity contribution in [2.75, 3.05) is 0 Å². The van der Waals surface area contributed by atoms with Crippen LogP contribution in [0.2, 0.25) is 0 Å². The number of hydrogen-bond donors (Lipinski definition) is 1. The van der Waals surface area contributed by atoms with Gasteiger partial charge in [0.25, 0.3) is 0 Å². The van der Waals surface area contributed by atoms with E-state index in [1.54, 1.807) is 31.2 Å². The van der Waals surface area contributed by atoms with Gasteiger partial charge in [0.05, 0.1) is 11.1 Å². The molecule has 2 aromatic rings. The third-order valence-corrected chi connectivity index (χ3v) is 3.87. The summed E-state index contributed by atoms with van der Waals surface area (Å²) in [5, 5.41) is 2.80. The van der Waals surface area contributed by atoms with Crippen LogP contribution in [0.3, 0.4) is 0 Å². The maximum atomic E-state index is 12.9. The second kappa shape index (κ2) is 7.50. The van der Waals surface area contributed by atoms with Crippen molar-refractivity contribution in [1.29, 1.82) is 0 Å².